The fraction of sp³-hybridized carbons (Fsp3) is 0.538. The Balaban J connectivity index is 1.45. The largest absolute Gasteiger partial charge is 0.497 e. The van der Waals surface area contributed by atoms with Crippen LogP contribution in [0, 0.1) is 5.92 Å². The number of benzene rings is 2. The van der Waals surface area contributed by atoms with Gasteiger partial charge >= 0.3 is 0 Å². The second-order valence-electron chi connectivity index (χ2n) is 8.86. The molecule has 2 heterocycles. The fourth-order valence-corrected chi connectivity index (χ4v) is 4.94. The minimum Gasteiger partial charge on any atom is -0.497 e. The number of fused-ring (bicyclic) bond motifs is 1. The van der Waals surface area contributed by atoms with Gasteiger partial charge < -0.3 is 14.4 Å². The summed E-state index contributed by atoms with van der Waals surface area (Å²) in [5.74, 6) is 2.59. The predicted octanol–water partition coefficient (Wildman–Crippen LogP) is 4.77. The number of ether oxygens (including phenoxy) is 2. The van der Waals surface area contributed by atoms with Crippen molar-refractivity contribution in [2.45, 2.75) is 38.6 Å². The first kappa shape index (κ1) is 21.2. The molecule has 0 spiro atoms. The standard InChI is InChI=1S/C26H36N2O2/c1-4-14-28-16-11-20(12-17-28)19-30-24-10-5-21-13-15-27(2)26(25(21)18-24)22-6-8-23(29-3)9-7-22/h5-10,18,20,26H,4,11-17,19H2,1-3H3. The van der Waals surface area contributed by atoms with Crippen LogP contribution in [0.25, 0.3) is 0 Å². The minimum atomic E-state index is 0.264. The Kier molecular flexibility index (Phi) is 6.96. The molecule has 0 saturated carbocycles. The molecule has 1 atom stereocenters. The summed E-state index contributed by atoms with van der Waals surface area (Å²) < 4.78 is 11.7. The SMILES string of the molecule is CCCN1CCC(COc2ccc3c(c2)C(c2ccc(OC)cc2)N(C)CC3)CC1. The number of likely N-dealkylation sites (N-methyl/N-ethyl adjacent to an activating group) is 1. The van der Waals surface area contributed by atoms with E-state index in [0.29, 0.717) is 5.92 Å². The third-order valence-electron chi connectivity index (χ3n) is 6.75. The molecule has 0 aromatic heterocycles. The van der Waals surface area contributed by atoms with Crippen molar-refractivity contribution >= 4 is 0 Å². The number of nitrogens with zero attached hydrogens (tertiary/aromatic N) is 2. The first-order valence-electron chi connectivity index (χ1n) is 11.5. The molecule has 4 nitrogen and oxygen atoms in total. The molecule has 2 aliphatic heterocycles. The highest BCUT2D eigenvalue weighted by molar-refractivity contribution is 5.45. The van der Waals surface area contributed by atoms with E-state index in [0.717, 1.165) is 31.1 Å². The average Bonchev–Trinajstić information content (AvgIpc) is 2.79. The number of hydrogen-bond donors (Lipinski definition) is 0. The Morgan fingerprint density at radius 3 is 2.40 bits per heavy atom. The molecule has 4 heteroatoms. The van der Waals surface area contributed by atoms with Gasteiger partial charge in [-0.15, -0.1) is 0 Å². The maximum Gasteiger partial charge on any atom is 0.119 e. The van der Waals surface area contributed by atoms with Gasteiger partial charge in [-0.05, 0) is 99.2 Å². The topological polar surface area (TPSA) is 24.9 Å². The third kappa shape index (κ3) is 4.81. The highest BCUT2D eigenvalue weighted by Gasteiger charge is 2.27. The molecule has 2 aromatic carbocycles. The molecule has 0 amide bonds. The number of methoxy groups -OCH3 is 1. The summed E-state index contributed by atoms with van der Waals surface area (Å²) in [4.78, 5) is 5.03. The molecule has 1 saturated heterocycles. The van der Waals surface area contributed by atoms with E-state index < -0.39 is 0 Å². The molecule has 4 rings (SSSR count). The summed E-state index contributed by atoms with van der Waals surface area (Å²) in [5.41, 5.74) is 4.12. The Bertz CT molecular complexity index is 812. The highest BCUT2D eigenvalue weighted by atomic mass is 16.5. The third-order valence-corrected chi connectivity index (χ3v) is 6.75. The highest BCUT2D eigenvalue weighted by Crippen LogP contribution is 2.37. The van der Waals surface area contributed by atoms with Crippen LogP contribution < -0.4 is 9.47 Å². The van der Waals surface area contributed by atoms with Crippen molar-refractivity contribution in [3.63, 3.8) is 0 Å². The minimum absolute atomic E-state index is 0.264. The molecule has 1 fully saturated rings. The summed E-state index contributed by atoms with van der Waals surface area (Å²) in [5, 5.41) is 0. The summed E-state index contributed by atoms with van der Waals surface area (Å²) in [6.45, 7) is 7.84. The van der Waals surface area contributed by atoms with Crippen LogP contribution in [-0.2, 0) is 6.42 Å². The summed E-state index contributed by atoms with van der Waals surface area (Å²) in [6, 6.07) is 15.5. The van der Waals surface area contributed by atoms with E-state index in [4.69, 9.17) is 9.47 Å². The van der Waals surface area contributed by atoms with Gasteiger partial charge in [-0.3, -0.25) is 4.90 Å². The first-order chi connectivity index (χ1) is 14.7. The van der Waals surface area contributed by atoms with Gasteiger partial charge in [0.2, 0.25) is 0 Å². The van der Waals surface area contributed by atoms with Gasteiger partial charge in [0, 0.05) is 6.54 Å². The van der Waals surface area contributed by atoms with Gasteiger partial charge in [-0.25, -0.2) is 0 Å². The van der Waals surface area contributed by atoms with Crippen LogP contribution in [0.15, 0.2) is 42.5 Å². The smallest absolute Gasteiger partial charge is 0.119 e. The Morgan fingerprint density at radius 2 is 1.70 bits per heavy atom. The van der Waals surface area contributed by atoms with Gasteiger partial charge in [0.25, 0.3) is 0 Å². The predicted molar refractivity (Wildman–Crippen MR) is 123 cm³/mol. The van der Waals surface area contributed by atoms with Crippen molar-refractivity contribution in [2.24, 2.45) is 5.92 Å². The molecule has 0 N–H and O–H groups in total. The Morgan fingerprint density at radius 1 is 0.967 bits per heavy atom. The van der Waals surface area contributed by atoms with Gasteiger partial charge in [0.1, 0.15) is 11.5 Å². The molecule has 2 aromatic rings. The average molecular weight is 409 g/mol. The van der Waals surface area contributed by atoms with Gasteiger partial charge in [-0.1, -0.05) is 25.1 Å². The van der Waals surface area contributed by atoms with Crippen molar-refractivity contribution in [2.75, 3.05) is 46.9 Å². The molecule has 0 aliphatic carbocycles. The van der Waals surface area contributed by atoms with Crippen LogP contribution in [0.5, 0.6) is 11.5 Å². The molecule has 162 valence electrons. The number of hydrogen-bond acceptors (Lipinski definition) is 4. The lowest BCUT2D eigenvalue weighted by atomic mass is 9.88. The lowest BCUT2D eigenvalue weighted by Gasteiger charge is -2.35. The molecular formula is C26H36N2O2. The number of piperidine rings is 1. The van der Waals surface area contributed by atoms with Crippen LogP contribution in [0.2, 0.25) is 0 Å². The van der Waals surface area contributed by atoms with Crippen molar-refractivity contribution in [1.82, 2.24) is 9.80 Å². The van der Waals surface area contributed by atoms with E-state index in [-0.39, 0.29) is 6.04 Å². The van der Waals surface area contributed by atoms with E-state index in [1.165, 1.54) is 55.6 Å². The molecule has 0 bridgehead atoms. The van der Waals surface area contributed by atoms with Gasteiger partial charge in [-0.2, -0.15) is 0 Å². The monoisotopic (exact) mass is 408 g/mol. The van der Waals surface area contributed by atoms with Crippen LogP contribution >= 0.6 is 0 Å². The Hall–Kier alpha value is -2.04. The number of rotatable bonds is 7. The summed E-state index contributed by atoms with van der Waals surface area (Å²) in [6.07, 6.45) is 4.85. The molecule has 1 unspecified atom stereocenters. The first-order valence-corrected chi connectivity index (χ1v) is 11.5. The van der Waals surface area contributed by atoms with E-state index in [1.54, 1.807) is 7.11 Å². The van der Waals surface area contributed by atoms with Gasteiger partial charge in [0.05, 0.1) is 19.8 Å². The zero-order valence-electron chi connectivity index (χ0n) is 18.8. The lowest BCUT2D eigenvalue weighted by molar-refractivity contribution is 0.141. The molecule has 0 radical (unpaired) electrons. The summed E-state index contributed by atoms with van der Waals surface area (Å²) in [7, 11) is 3.93. The van der Waals surface area contributed by atoms with Crippen molar-refractivity contribution < 1.29 is 9.47 Å². The molecule has 30 heavy (non-hydrogen) atoms. The van der Waals surface area contributed by atoms with Crippen molar-refractivity contribution in [3.05, 3.63) is 59.2 Å². The quantitative estimate of drug-likeness (QED) is 0.659. The maximum absolute atomic E-state index is 6.31. The summed E-state index contributed by atoms with van der Waals surface area (Å²) >= 11 is 0. The van der Waals surface area contributed by atoms with Crippen molar-refractivity contribution in [3.8, 4) is 11.5 Å². The van der Waals surface area contributed by atoms with Crippen LogP contribution in [-0.4, -0.2) is 56.7 Å². The van der Waals surface area contributed by atoms with Crippen LogP contribution in [0.3, 0.4) is 0 Å². The zero-order valence-corrected chi connectivity index (χ0v) is 18.8. The lowest BCUT2D eigenvalue weighted by Crippen LogP contribution is -2.36. The Labute approximate surface area is 181 Å². The molecular weight excluding hydrogens is 372 g/mol. The number of likely N-dealkylation sites (tertiary alicyclic amines) is 1. The van der Waals surface area contributed by atoms with E-state index in [1.807, 2.05) is 0 Å². The van der Waals surface area contributed by atoms with Crippen LogP contribution in [0.1, 0.15) is 48.9 Å². The second kappa shape index (κ2) is 9.84. The molecule has 2 aliphatic rings. The normalized spacial score (nSPS) is 20.7. The maximum atomic E-state index is 6.31. The zero-order chi connectivity index (χ0) is 20.9. The van der Waals surface area contributed by atoms with E-state index >= 15 is 0 Å². The van der Waals surface area contributed by atoms with E-state index in [2.05, 4.69) is 66.2 Å². The fourth-order valence-electron chi connectivity index (χ4n) is 4.94. The second-order valence-corrected chi connectivity index (χ2v) is 8.86. The van der Waals surface area contributed by atoms with Crippen molar-refractivity contribution in [1.29, 1.82) is 0 Å². The van der Waals surface area contributed by atoms with Gasteiger partial charge in [0.15, 0.2) is 0 Å². The van der Waals surface area contributed by atoms with E-state index in [9.17, 15) is 0 Å². The van der Waals surface area contributed by atoms with Crippen LogP contribution in [0.4, 0.5) is 0 Å².